The first kappa shape index (κ1) is 41.2. The molecule has 5 amide bonds. The van der Waals surface area contributed by atoms with Crippen LogP contribution in [0.4, 0.5) is 4.79 Å². The fraction of sp³-hybridized carbons (Fsp3) is 0.825. The van der Waals surface area contributed by atoms with Crippen molar-refractivity contribution in [2.75, 3.05) is 18.8 Å². The normalized spacial score (nSPS) is 27.0. The summed E-state index contributed by atoms with van der Waals surface area (Å²) in [6.07, 6.45) is 12.0. The monoisotopic (exact) mass is 759 g/mol. The highest BCUT2D eigenvalue weighted by molar-refractivity contribution is 7.92. The third kappa shape index (κ3) is 8.80. The number of piperidine rings is 1. The van der Waals surface area contributed by atoms with Crippen LogP contribution >= 0.6 is 0 Å². The van der Waals surface area contributed by atoms with Gasteiger partial charge < -0.3 is 26.2 Å². The molecule has 1 heterocycles. The fourth-order valence-electron chi connectivity index (χ4n) is 9.47. The molecule has 5 aliphatic rings. The number of carbonyl (C=O) groups is 5. The van der Waals surface area contributed by atoms with Crippen LogP contribution in [-0.4, -0.2) is 90.1 Å². The first-order valence-corrected chi connectivity index (χ1v) is 21.8. The highest BCUT2D eigenvalue weighted by Gasteiger charge is 2.70. The minimum atomic E-state index is -3.58. The van der Waals surface area contributed by atoms with E-state index in [9.17, 15) is 32.4 Å². The van der Waals surface area contributed by atoms with Gasteiger partial charge in [-0.15, -0.1) is 6.58 Å². The van der Waals surface area contributed by atoms with Crippen LogP contribution in [0, 0.1) is 28.6 Å². The van der Waals surface area contributed by atoms with Crippen LogP contribution in [0.15, 0.2) is 12.7 Å². The number of hydrogen-bond acceptors (Lipinski definition) is 7. The summed E-state index contributed by atoms with van der Waals surface area (Å²) in [6, 6.07) is -3.38. The lowest BCUT2D eigenvalue weighted by Crippen LogP contribution is -2.65. The first-order chi connectivity index (χ1) is 24.8. The molecule has 1 unspecified atom stereocenters. The summed E-state index contributed by atoms with van der Waals surface area (Å²) in [5.41, 5.74) is -1.73. The molecule has 4 aliphatic carbocycles. The van der Waals surface area contributed by atoms with Gasteiger partial charge in [0, 0.05) is 13.1 Å². The Bertz CT molecular complexity index is 1540. The molecule has 53 heavy (non-hydrogen) atoms. The van der Waals surface area contributed by atoms with Gasteiger partial charge in [0.2, 0.25) is 17.6 Å². The van der Waals surface area contributed by atoms with Gasteiger partial charge in [0.1, 0.15) is 12.1 Å². The van der Waals surface area contributed by atoms with Crippen LogP contribution in [0.2, 0.25) is 0 Å². The number of Topliss-reactive ketones (excluding diaryl/α,β-unsaturated/α-hetero) is 1. The largest absolute Gasteiger partial charge is 0.346 e. The summed E-state index contributed by atoms with van der Waals surface area (Å²) < 4.78 is 26.4. The molecule has 298 valence electrons. The topological polar surface area (TPSA) is 171 Å². The van der Waals surface area contributed by atoms with Crippen molar-refractivity contribution in [1.82, 2.24) is 26.2 Å². The number of urea groups is 1. The third-order valence-corrected chi connectivity index (χ3v) is 16.8. The van der Waals surface area contributed by atoms with E-state index in [1.165, 1.54) is 6.08 Å². The highest BCUT2D eigenvalue weighted by Crippen LogP contribution is 2.65. The number of likely N-dealkylation sites (tertiary alicyclic amines) is 1. The average Bonchev–Trinajstić information content (AvgIpc) is 3.96. The van der Waals surface area contributed by atoms with Crippen LogP contribution in [0.25, 0.3) is 0 Å². The van der Waals surface area contributed by atoms with Crippen molar-refractivity contribution in [3.63, 3.8) is 0 Å². The maximum Gasteiger partial charge on any atom is 0.315 e. The zero-order valence-electron chi connectivity index (χ0n) is 33.0. The molecule has 12 nitrogen and oxygen atoms in total. The number of ketones is 1. The summed E-state index contributed by atoms with van der Waals surface area (Å²) in [6.45, 7) is 15.6. The number of rotatable bonds is 16. The van der Waals surface area contributed by atoms with E-state index in [4.69, 9.17) is 0 Å². The Balaban J connectivity index is 1.40. The molecule has 1 aliphatic heterocycles. The van der Waals surface area contributed by atoms with Gasteiger partial charge in [-0.05, 0) is 81.0 Å². The Kier molecular flexibility index (Phi) is 12.2. The molecule has 5 rings (SSSR count). The molecule has 13 heteroatoms. The lowest BCUT2D eigenvalue weighted by molar-refractivity contribution is -0.146. The van der Waals surface area contributed by atoms with E-state index in [-0.39, 0.29) is 41.4 Å². The Labute approximate surface area is 317 Å². The minimum Gasteiger partial charge on any atom is -0.346 e. The van der Waals surface area contributed by atoms with Crippen molar-refractivity contribution in [3.8, 4) is 0 Å². The van der Waals surface area contributed by atoms with Gasteiger partial charge in [-0.3, -0.25) is 19.2 Å². The van der Waals surface area contributed by atoms with E-state index >= 15 is 0 Å². The Morgan fingerprint density at radius 1 is 0.925 bits per heavy atom. The molecule has 4 N–H and O–H groups in total. The van der Waals surface area contributed by atoms with Crippen molar-refractivity contribution in [2.24, 2.45) is 28.6 Å². The van der Waals surface area contributed by atoms with Crippen LogP contribution in [0.3, 0.4) is 0 Å². The second-order valence-corrected chi connectivity index (χ2v) is 21.1. The average molecular weight is 760 g/mol. The number of sulfone groups is 1. The van der Waals surface area contributed by atoms with Gasteiger partial charge in [0.15, 0.2) is 9.84 Å². The number of fused-ring (bicyclic) bond motifs is 1. The molecule has 0 radical (unpaired) electrons. The molecule has 0 spiro atoms. The lowest BCUT2D eigenvalue weighted by Gasteiger charge is -2.44. The molecule has 5 atom stereocenters. The van der Waals surface area contributed by atoms with Crippen LogP contribution in [0.1, 0.15) is 131 Å². The summed E-state index contributed by atoms with van der Waals surface area (Å²) in [5, 5.41) is 11.6. The zero-order valence-corrected chi connectivity index (χ0v) is 33.8. The summed E-state index contributed by atoms with van der Waals surface area (Å²) >= 11 is 0. The van der Waals surface area contributed by atoms with Gasteiger partial charge in [-0.1, -0.05) is 85.1 Å². The van der Waals surface area contributed by atoms with E-state index in [1.54, 1.807) is 18.7 Å². The fourth-order valence-corrected chi connectivity index (χ4v) is 11.4. The SMILES string of the molecule is C=CCNC(=O)C(=O)C(CC1CC1)NC(=O)[C@@H]1[C@@H]2[C@H](CN1C(=O)[C@@H](NC(=O)NC1(CS(=O)(=O)C(C)(C)CC)CCCCC1)C1(C)CCCCC1)C2(C)C. The van der Waals surface area contributed by atoms with Gasteiger partial charge in [0.25, 0.3) is 5.91 Å². The lowest BCUT2D eigenvalue weighted by atomic mass is 9.70. The quantitative estimate of drug-likeness (QED) is 0.132. The zero-order chi connectivity index (χ0) is 39.0. The van der Waals surface area contributed by atoms with Crippen LogP contribution in [0.5, 0.6) is 0 Å². The molecule has 0 aromatic rings. The molecular weight excluding hydrogens is 695 g/mol. The maximum atomic E-state index is 14.9. The molecule has 5 fully saturated rings. The number of hydrogen-bond donors (Lipinski definition) is 4. The number of nitrogens with one attached hydrogen (secondary N) is 4. The van der Waals surface area contributed by atoms with Gasteiger partial charge in [-0.25, -0.2) is 13.2 Å². The van der Waals surface area contributed by atoms with Crippen LogP contribution < -0.4 is 21.3 Å². The van der Waals surface area contributed by atoms with Crippen molar-refractivity contribution in [2.45, 2.75) is 160 Å². The predicted octanol–water partition coefficient (Wildman–Crippen LogP) is 4.57. The first-order valence-electron chi connectivity index (χ1n) is 20.2. The van der Waals surface area contributed by atoms with E-state index in [2.05, 4.69) is 41.7 Å². The number of nitrogens with zero attached hydrogens (tertiary/aromatic N) is 1. The van der Waals surface area contributed by atoms with Gasteiger partial charge >= 0.3 is 6.03 Å². The van der Waals surface area contributed by atoms with E-state index < -0.39 is 67.3 Å². The second-order valence-electron chi connectivity index (χ2n) is 18.5. The molecular formula is C40H65N5O7S. The Morgan fingerprint density at radius 3 is 2.09 bits per heavy atom. The number of carbonyl (C=O) groups excluding carboxylic acids is 5. The molecule has 0 aromatic heterocycles. The summed E-state index contributed by atoms with van der Waals surface area (Å²) in [7, 11) is -3.58. The van der Waals surface area contributed by atoms with Crippen molar-refractivity contribution < 1.29 is 32.4 Å². The van der Waals surface area contributed by atoms with Crippen LogP contribution in [-0.2, 0) is 29.0 Å². The summed E-state index contributed by atoms with van der Waals surface area (Å²) in [5.74, 6) is -2.25. The highest BCUT2D eigenvalue weighted by atomic mass is 32.2. The molecule has 0 aromatic carbocycles. The smallest absolute Gasteiger partial charge is 0.315 e. The number of amides is 5. The summed E-state index contributed by atoms with van der Waals surface area (Å²) in [4.78, 5) is 71.0. The van der Waals surface area contributed by atoms with Gasteiger partial charge in [0.05, 0.1) is 22.1 Å². The van der Waals surface area contributed by atoms with Crippen molar-refractivity contribution in [3.05, 3.63) is 12.7 Å². The van der Waals surface area contributed by atoms with E-state index in [1.807, 2.05) is 13.8 Å². The molecule has 4 saturated carbocycles. The second kappa shape index (κ2) is 15.6. The van der Waals surface area contributed by atoms with Crippen molar-refractivity contribution >= 4 is 39.4 Å². The standard InChI is InChI=1S/C40H65N5O7S/c1-8-22-41-34(48)31(46)28(23-26-16-17-26)42-33(47)30-29-27(38(29,5)6)24-45(30)35(49)32(39(7)18-12-10-13-19-39)43-36(50)44-40(20-14-11-15-21-40)25-53(51,52)37(3,4)9-2/h8,26-30,32H,1,9-25H2,2-7H3,(H,41,48)(H,42,47)(H2,43,44,50)/t27-,28?,29-,30-,32+/m0/s1. The van der Waals surface area contributed by atoms with Gasteiger partial charge in [-0.2, -0.15) is 0 Å². The van der Waals surface area contributed by atoms with E-state index in [0.29, 0.717) is 45.1 Å². The molecule has 1 saturated heterocycles. The predicted molar refractivity (Wildman–Crippen MR) is 204 cm³/mol. The maximum absolute atomic E-state index is 14.9. The molecule has 0 bridgehead atoms. The van der Waals surface area contributed by atoms with E-state index in [0.717, 1.165) is 51.4 Å². The Morgan fingerprint density at radius 2 is 1.53 bits per heavy atom. The third-order valence-electron chi connectivity index (χ3n) is 13.9. The minimum absolute atomic E-state index is 0.0712. The Hall–Kier alpha value is -2.96. The van der Waals surface area contributed by atoms with Crippen molar-refractivity contribution in [1.29, 1.82) is 0 Å².